The van der Waals surface area contributed by atoms with Gasteiger partial charge in [0.05, 0.1) is 29.7 Å². The Morgan fingerprint density at radius 2 is 1.89 bits per heavy atom. The lowest BCUT2D eigenvalue weighted by Crippen LogP contribution is -2.66. The van der Waals surface area contributed by atoms with Crippen molar-refractivity contribution < 1.29 is 35.6 Å². The highest BCUT2D eigenvalue weighted by atomic mass is 32.2. The molecule has 11 nitrogen and oxygen atoms in total. The van der Waals surface area contributed by atoms with Crippen molar-refractivity contribution in [2.45, 2.75) is 25.6 Å². The van der Waals surface area contributed by atoms with Gasteiger partial charge in [-0.3, -0.25) is 9.59 Å². The second-order valence-electron chi connectivity index (χ2n) is 9.17. The number of carbonyl (C=O) groups is 2. The van der Waals surface area contributed by atoms with Crippen LogP contribution >= 0.6 is 0 Å². The van der Waals surface area contributed by atoms with Gasteiger partial charge in [-0.1, -0.05) is 0 Å². The van der Waals surface area contributed by atoms with Crippen molar-refractivity contribution >= 4 is 38.9 Å². The second kappa shape index (κ2) is 9.20. The van der Waals surface area contributed by atoms with Crippen LogP contribution in [0.2, 0.25) is 0 Å². The fourth-order valence-corrected chi connectivity index (χ4v) is 4.74. The summed E-state index contributed by atoms with van der Waals surface area (Å²) in [4.78, 5) is 31.9. The number of nitrogens with two attached hydrogens (primary N) is 1. The van der Waals surface area contributed by atoms with Crippen LogP contribution in [0.3, 0.4) is 0 Å². The third-order valence-corrected chi connectivity index (χ3v) is 6.87. The number of hydrogen-bond acceptors (Lipinski definition) is 7. The Kier molecular flexibility index (Phi) is 6.59. The molecule has 1 aliphatic heterocycles. The maximum atomic E-state index is 15.0. The largest absolute Gasteiger partial charge is 0.418 e. The minimum Gasteiger partial charge on any atom is -0.382 e. The van der Waals surface area contributed by atoms with E-state index in [1.165, 1.54) is 30.9 Å². The average molecular weight is 558 g/mol. The van der Waals surface area contributed by atoms with Gasteiger partial charge in [-0.15, -0.1) is 0 Å². The molecule has 0 spiro atoms. The molecule has 1 saturated heterocycles. The van der Waals surface area contributed by atoms with Crippen LogP contribution in [0.5, 0.6) is 0 Å². The van der Waals surface area contributed by atoms with Gasteiger partial charge in [0.15, 0.2) is 5.82 Å². The molecule has 1 fully saturated rings. The maximum absolute atomic E-state index is 15.0. The zero-order chi connectivity index (χ0) is 28.2. The van der Waals surface area contributed by atoms with E-state index in [0.29, 0.717) is 0 Å². The number of amides is 2. The molecule has 38 heavy (non-hydrogen) atoms. The smallest absolute Gasteiger partial charge is 0.382 e. The van der Waals surface area contributed by atoms with Gasteiger partial charge in [0.25, 0.3) is 5.91 Å². The van der Waals surface area contributed by atoms with Gasteiger partial charge >= 0.3 is 6.18 Å². The molecule has 16 heteroatoms. The van der Waals surface area contributed by atoms with Crippen LogP contribution in [-0.2, 0) is 25.8 Å². The van der Waals surface area contributed by atoms with Gasteiger partial charge < -0.3 is 15.5 Å². The Hall–Kier alpha value is -3.79. The van der Waals surface area contributed by atoms with Crippen molar-refractivity contribution in [3.8, 4) is 11.3 Å². The fourth-order valence-electron chi connectivity index (χ4n) is 4.35. The molecule has 2 aromatic heterocycles. The number of nitrogens with one attached hydrogen (secondary N) is 1. The van der Waals surface area contributed by atoms with Crippen molar-refractivity contribution in [3.63, 3.8) is 0 Å². The molecule has 0 unspecified atom stereocenters. The van der Waals surface area contributed by atoms with Gasteiger partial charge in [-0.05, 0) is 38.1 Å². The number of aromatic nitrogens is 3. The Labute approximate surface area is 214 Å². The number of alkyl halides is 3. The van der Waals surface area contributed by atoms with Crippen LogP contribution in [0.15, 0.2) is 30.6 Å². The van der Waals surface area contributed by atoms with Gasteiger partial charge in [0.1, 0.15) is 23.2 Å². The van der Waals surface area contributed by atoms with Crippen molar-refractivity contribution in [1.29, 1.82) is 0 Å². The van der Waals surface area contributed by atoms with Gasteiger partial charge in [0, 0.05) is 18.7 Å². The summed E-state index contributed by atoms with van der Waals surface area (Å²) in [6.07, 6.45) is -2.91. The average Bonchev–Trinajstić information content (AvgIpc) is 3.21. The topological polar surface area (TPSA) is 143 Å². The van der Waals surface area contributed by atoms with E-state index in [2.05, 4.69) is 14.8 Å². The number of hydrogen-bond donors (Lipinski definition) is 2. The van der Waals surface area contributed by atoms with E-state index in [1.807, 2.05) is 0 Å². The van der Waals surface area contributed by atoms with Crippen molar-refractivity contribution in [3.05, 3.63) is 42.0 Å². The molecule has 0 aliphatic carbocycles. The summed E-state index contributed by atoms with van der Waals surface area (Å²) in [5.74, 6) is -2.54. The Morgan fingerprint density at radius 3 is 2.53 bits per heavy atom. The molecule has 3 aromatic rings. The number of anilines is 2. The zero-order valence-corrected chi connectivity index (χ0v) is 21.2. The molecule has 2 amide bonds. The lowest BCUT2D eigenvalue weighted by molar-refractivity contribution is -0.146. The van der Waals surface area contributed by atoms with Crippen LogP contribution in [-0.4, -0.2) is 71.2 Å². The van der Waals surface area contributed by atoms with E-state index < -0.39 is 62.8 Å². The highest BCUT2D eigenvalue weighted by molar-refractivity contribution is 7.88. The molecular formula is C22H23F4N7O4S. The minimum absolute atomic E-state index is 0.0529. The van der Waals surface area contributed by atoms with Crippen LogP contribution in [0.4, 0.5) is 29.1 Å². The molecule has 3 N–H and O–H groups in total. The monoisotopic (exact) mass is 557 g/mol. The molecule has 0 atom stereocenters. The van der Waals surface area contributed by atoms with Gasteiger partial charge in [-0.2, -0.15) is 18.3 Å². The first-order valence-electron chi connectivity index (χ1n) is 11.1. The number of nitrogens with zero attached hydrogens (tertiary/aromatic N) is 5. The summed E-state index contributed by atoms with van der Waals surface area (Å²) < 4.78 is 81.8. The quantitative estimate of drug-likeness (QED) is 0.454. The molecular weight excluding hydrogens is 534 g/mol. The molecule has 3 heterocycles. The number of carbonyl (C=O) groups excluding carboxylic acids is 2. The highest BCUT2D eigenvalue weighted by Gasteiger charge is 2.45. The van der Waals surface area contributed by atoms with E-state index in [9.17, 15) is 35.6 Å². The first-order chi connectivity index (χ1) is 17.5. The van der Waals surface area contributed by atoms with Crippen molar-refractivity contribution in [1.82, 2.24) is 24.2 Å². The van der Waals surface area contributed by atoms with E-state index in [0.717, 1.165) is 34.1 Å². The van der Waals surface area contributed by atoms with E-state index >= 15 is 0 Å². The molecule has 1 aliphatic rings. The third kappa shape index (κ3) is 4.88. The molecule has 0 radical (unpaired) electrons. The SMILES string of the molecule is CC1(C)C(=O)N(c2cc(-c3cc(C(F)(F)F)c4c(N)ncnn34)ccc2F)CCN1C(=O)CNS(C)(=O)=O. The predicted molar refractivity (Wildman–Crippen MR) is 129 cm³/mol. The van der Waals surface area contributed by atoms with Gasteiger partial charge in [-0.25, -0.2) is 27.0 Å². The number of rotatable bonds is 5. The number of benzene rings is 1. The van der Waals surface area contributed by atoms with Crippen LogP contribution in [0, 0.1) is 5.82 Å². The van der Waals surface area contributed by atoms with E-state index in [4.69, 9.17) is 5.73 Å². The highest BCUT2D eigenvalue weighted by Crippen LogP contribution is 2.40. The first-order valence-corrected chi connectivity index (χ1v) is 13.0. The first kappa shape index (κ1) is 27.3. The molecule has 0 saturated carbocycles. The van der Waals surface area contributed by atoms with Crippen molar-refractivity contribution in [2.75, 3.05) is 36.5 Å². The molecule has 0 bridgehead atoms. The van der Waals surface area contributed by atoms with E-state index in [1.54, 1.807) is 0 Å². The Bertz CT molecular complexity index is 1550. The standard InChI is InChI=1S/C22H23F4N7O4S/c1-21(2)20(35)31(6-7-32(21)17(34)10-30-38(3,36)37)16-8-12(4-5-14(16)23)15-9-13(22(24,25)26)18-19(27)28-11-29-33(15)18/h4-5,8-9,11,30H,6-7,10H2,1-3H3,(H2,27,28,29). The second-order valence-corrected chi connectivity index (χ2v) is 11.0. The fraction of sp³-hybridized carbons (Fsp3) is 0.364. The molecule has 1 aromatic carbocycles. The minimum atomic E-state index is -4.78. The van der Waals surface area contributed by atoms with Crippen LogP contribution in [0.25, 0.3) is 16.8 Å². The van der Waals surface area contributed by atoms with Gasteiger partial charge in [0.2, 0.25) is 15.9 Å². The summed E-state index contributed by atoms with van der Waals surface area (Å²) in [7, 11) is -3.66. The summed E-state index contributed by atoms with van der Waals surface area (Å²) in [6, 6.07) is 4.28. The summed E-state index contributed by atoms with van der Waals surface area (Å²) in [6.45, 7) is 2.09. The number of halogens is 4. The lowest BCUT2D eigenvalue weighted by atomic mass is 9.96. The number of sulfonamides is 1. The molecule has 4 rings (SSSR count). The number of fused-ring (bicyclic) bond motifs is 1. The van der Waals surface area contributed by atoms with E-state index in [-0.39, 0.29) is 30.0 Å². The van der Waals surface area contributed by atoms with Crippen LogP contribution in [0.1, 0.15) is 19.4 Å². The number of nitrogen functional groups attached to an aromatic ring is 1. The zero-order valence-electron chi connectivity index (χ0n) is 20.4. The number of piperazine rings is 1. The lowest BCUT2D eigenvalue weighted by Gasteiger charge is -2.46. The predicted octanol–water partition coefficient (Wildman–Crippen LogP) is 1.64. The Morgan fingerprint density at radius 1 is 1.21 bits per heavy atom. The summed E-state index contributed by atoms with van der Waals surface area (Å²) in [5, 5.41) is 3.88. The Balaban J connectivity index is 1.72. The maximum Gasteiger partial charge on any atom is 0.418 e. The third-order valence-electron chi connectivity index (χ3n) is 6.20. The molecule has 204 valence electrons. The summed E-state index contributed by atoms with van der Waals surface area (Å²) in [5.41, 5.74) is 2.51. The summed E-state index contributed by atoms with van der Waals surface area (Å²) >= 11 is 0. The normalized spacial score (nSPS) is 16.3. The van der Waals surface area contributed by atoms with Crippen molar-refractivity contribution in [2.24, 2.45) is 0 Å². The van der Waals surface area contributed by atoms with Crippen LogP contribution < -0.4 is 15.4 Å².